The molecule has 4 aromatic carbocycles. The number of hydrazone groups is 1. The summed E-state index contributed by atoms with van der Waals surface area (Å²) in [6.45, 7) is 0.380. The van der Waals surface area contributed by atoms with E-state index in [1.165, 1.54) is 0 Å². The summed E-state index contributed by atoms with van der Waals surface area (Å²) < 4.78 is 5.82. The molecular formula is C28H21ClN4O2. The fraction of sp³-hybridized carbons (Fsp3) is 0.0357. The highest BCUT2D eigenvalue weighted by Crippen LogP contribution is 2.23. The molecule has 6 nitrogen and oxygen atoms in total. The molecular weight excluding hydrogens is 460 g/mol. The Bertz CT molecular complexity index is 1500. The number of carbonyl (C=O) groups excluding carboxylic acids is 1. The fourth-order valence-corrected chi connectivity index (χ4v) is 3.86. The Morgan fingerprint density at radius 3 is 2.60 bits per heavy atom. The normalized spacial score (nSPS) is 11.1. The van der Waals surface area contributed by atoms with Crippen LogP contribution in [-0.2, 0) is 6.61 Å². The summed E-state index contributed by atoms with van der Waals surface area (Å²) in [5.41, 5.74) is 6.20. The monoisotopic (exact) mass is 480 g/mol. The van der Waals surface area contributed by atoms with Gasteiger partial charge in [0.25, 0.3) is 5.91 Å². The summed E-state index contributed by atoms with van der Waals surface area (Å²) in [6.07, 6.45) is 1.64. The van der Waals surface area contributed by atoms with Gasteiger partial charge in [-0.3, -0.25) is 9.89 Å². The van der Waals surface area contributed by atoms with E-state index in [2.05, 4.69) is 20.7 Å². The van der Waals surface area contributed by atoms with Crippen molar-refractivity contribution in [2.24, 2.45) is 5.10 Å². The van der Waals surface area contributed by atoms with Crippen molar-refractivity contribution >= 4 is 34.5 Å². The van der Waals surface area contributed by atoms with E-state index in [4.69, 9.17) is 16.3 Å². The maximum atomic E-state index is 12.5. The Morgan fingerprint density at radius 1 is 0.971 bits per heavy atom. The molecule has 1 heterocycles. The second-order valence-corrected chi connectivity index (χ2v) is 8.25. The molecule has 0 aliphatic heterocycles. The van der Waals surface area contributed by atoms with Gasteiger partial charge in [-0.15, -0.1) is 0 Å². The summed E-state index contributed by atoms with van der Waals surface area (Å²) in [5, 5.41) is 14.0. The first-order valence-corrected chi connectivity index (χ1v) is 11.4. The number of nitrogens with one attached hydrogen (secondary N) is 2. The van der Waals surface area contributed by atoms with Crippen molar-refractivity contribution in [2.45, 2.75) is 6.61 Å². The second kappa shape index (κ2) is 10.2. The van der Waals surface area contributed by atoms with Crippen LogP contribution in [0.4, 0.5) is 0 Å². The molecule has 0 radical (unpaired) electrons. The SMILES string of the molecule is O=C(NN=Cc1cccc2ccccc12)c1cc(-c2ccc(OCc3ccccc3Cl)cc2)n[nH]1. The van der Waals surface area contributed by atoms with Crippen LogP contribution in [0.2, 0.25) is 5.02 Å². The van der Waals surface area contributed by atoms with Crippen LogP contribution >= 0.6 is 11.6 Å². The number of aromatic amines is 1. The predicted molar refractivity (Wildman–Crippen MR) is 139 cm³/mol. The van der Waals surface area contributed by atoms with Crippen molar-refractivity contribution < 1.29 is 9.53 Å². The number of hydrogen-bond donors (Lipinski definition) is 2. The standard InChI is InChI=1S/C28H21ClN4O2/c29-25-11-4-2-7-22(25)18-35-23-14-12-20(13-15-23)26-16-27(32-31-26)28(34)33-30-17-21-9-5-8-19-6-1-3-10-24(19)21/h1-17H,18H2,(H,31,32)(H,33,34). The van der Waals surface area contributed by atoms with Crippen LogP contribution in [0, 0.1) is 0 Å². The van der Waals surface area contributed by atoms with Crippen LogP contribution in [-0.4, -0.2) is 22.3 Å². The number of nitrogens with zero attached hydrogens (tertiary/aromatic N) is 2. The number of H-pyrrole nitrogens is 1. The first kappa shape index (κ1) is 22.4. The van der Waals surface area contributed by atoms with Crippen molar-refractivity contribution in [3.05, 3.63) is 119 Å². The Kier molecular flexibility index (Phi) is 6.55. The van der Waals surface area contributed by atoms with Crippen LogP contribution in [0.1, 0.15) is 21.6 Å². The molecule has 1 amide bonds. The van der Waals surface area contributed by atoms with Gasteiger partial charge < -0.3 is 4.74 Å². The summed E-state index contributed by atoms with van der Waals surface area (Å²) in [7, 11) is 0. The van der Waals surface area contributed by atoms with E-state index in [-0.39, 0.29) is 5.91 Å². The van der Waals surface area contributed by atoms with Gasteiger partial charge in [-0.2, -0.15) is 10.2 Å². The maximum Gasteiger partial charge on any atom is 0.289 e. The summed E-state index contributed by atoms with van der Waals surface area (Å²) >= 11 is 6.18. The lowest BCUT2D eigenvalue weighted by atomic mass is 10.1. The lowest BCUT2D eigenvalue weighted by Crippen LogP contribution is -2.18. The minimum absolute atomic E-state index is 0.314. The van der Waals surface area contributed by atoms with Crippen LogP contribution in [0.5, 0.6) is 5.75 Å². The quantitative estimate of drug-likeness (QED) is 0.214. The number of fused-ring (bicyclic) bond motifs is 1. The van der Waals surface area contributed by atoms with E-state index in [0.29, 0.717) is 28.8 Å². The van der Waals surface area contributed by atoms with Gasteiger partial charge in [-0.25, -0.2) is 5.43 Å². The number of rotatable bonds is 7. The topological polar surface area (TPSA) is 79.4 Å². The third-order valence-electron chi connectivity index (χ3n) is 5.52. The molecule has 0 aliphatic carbocycles. The van der Waals surface area contributed by atoms with Gasteiger partial charge in [-0.1, -0.05) is 72.3 Å². The Labute approximate surface area is 207 Å². The molecule has 1 aromatic heterocycles. The first-order chi connectivity index (χ1) is 17.2. The zero-order valence-electron chi connectivity index (χ0n) is 18.6. The highest BCUT2D eigenvalue weighted by atomic mass is 35.5. The summed E-state index contributed by atoms with van der Waals surface area (Å²) in [5.74, 6) is 0.338. The highest BCUT2D eigenvalue weighted by molar-refractivity contribution is 6.31. The van der Waals surface area contributed by atoms with E-state index < -0.39 is 0 Å². The van der Waals surface area contributed by atoms with Gasteiger partial charge in [0.2, 0.25) is 0 Å². The number of halogens is 1. The number of benzene rings is 4. The third kappa shape index (κ3) is 5.23. The lowest BCUT2D eigenvalue weighted by molar-refractivity contribution is 0.0950. The molecule has 0 bridgehead atoms. The largest absolute Gasteiger partial charge is 0.489 e. The van der Waals surface area contributed by atoms with Gasteiger partial charge >= 0.3 is 0 Å². The van der Waals surface area contributed by atoms with Crippen LogP contribution in [0.25, 0.3) is 22.0 Å². The highest BCUT2D eigenvalue weighted by Gasteiger charge is 2.11. The van der Waals surface area contributed by atoms with Crippen molar-refractivity contribution in [3.63, 3.8) is 0 Å². The zero-order chi connectivity index (χ0) is 24.0. The third-order valence-corrected chi connectivity index (χ3v) is 5.89. The molecule has 0 aliphatic rings. The van der Waals surface area contributed by atoms with Crippen molar-refractivity contribution in [1.82, 2.24) is 15.6 Å². The predicted octanol–water partition coefficient (Wildman–Crippen LogP) is 6.23. The molecule has 0 unspecified atom stereocenters. The van der Waals surface area contributed by atoms with Gasteiger partial charge in [0, 0.05) is 21.7 Å². The molecule has 172 valence electrons. The smallest absolute Gasteiger partial charge is 0.289 e. The average Bonchev–Trinajstić information content (AvgIpc) is 3.39. The van der Waals surface area contributed by atoms with Gasteiger partial charge in [0.15, 0.2) is 0 Å². The number of carbonyl (C=O) groups is 1. The van der Waals surface area contributed by atoms with Crippen LogP contribution < -0.4 is 10.2 Å². The number of amides is 1. The zero-order valence-corrected chi connectivity index (χ0v) is 19.4. The number of ether oxygens (including phenoxy) is 1. The molecule has 5 aromatic rings. The van der Waals surface area contributed by atoms with E-state index in [0.717, 1.165) is 27.5 Å². The second-order valence-electron chi connectivity index (χ2n) is 7.84. The van der Waals surface area contributed by atoms with E-state index >= 15 is 0 Å². The molecule has 2 N–H and O–H groups in total. The Balaban J connectivity index is 1.21. The summed E-state index contributed by atoms with van der Waals surface area (Å²) in [6, 6.07) is 30.7. The minimum atomic E-state index is -0.375. The molecule has 0 saturated heterocycles. The van der Waals surface area contributed by atoms with Gasteiger partial charge in [0.05, 0.1) is 11.9 Å². The molecule has 0 saturated carbocycles. The van der Waals surface area contributed by atoms with Crippen molar-refractivity contribution in [2.75, 3.05) is 0 Å². The first-order valence-electron chi connectivity index (χ1n) is 11.0. The van der Waals surface area contributed by atoms with E-state index in [1.54, 1.807) is 12.3 Å². The Hall–Kier alpha value is -4.42. The van der Waals surface area contributed by atoms with Gasteiger partial charge in [-0.05, 0) is 47.2 Å². The summed E-state index contributed by atoms with van der Waals surface area (Å²) in [4.78, 5) is 12.5. The molecule has 0 spiro atoms. The maximum absolute atomic E-state index is 12.5. The average molecular weight is 481 g/mol. The lowest BCUT2D eigenvalue weighted by Gasteiger charge is -2.08. The molecule has 0 fully saturated rings. The van der Waals surface area contributed by atoms with Crippen LogP contribution in [0.15, 0.2) is 102 Å². The van der Waals surface area contributed by atoms with Crippen LogP contribution in [0.3, 0.4) is 0 Å². The Morgan fingerprint density at radius 2 is 1.74 bits per heavy atom. The minimum Gasteiger partial charge on any atom is -0.489 e. The van der Waals surface area contributed by atoms with Gasteiger partial charge in [0.1, 0.15) is 18.1 Å². The molecule has 0 atom stereocenters. The fourth-order valence-electron chi connectivity index (χ4n) is 3.67. The molecule has 5 rings (SSSR count). The molecule has 35 heavy (non-hydrogen) atoms. The van der Waals surface area contributed by atoms with Crippen molar-refractivity contribution in [1.29, 1.82) is 0 Å². The number of aromatic nitrogens is 2. The number of hydrogen-bond acceptors (Lipinski definition) is 4. The molecule has 7 heteroatoms. The van der Waals surface area contributed by atoms with Crippen molar-refractivity contribution in [3.8, 4) is 17.0 Å². The van der Waals surface area contributed by atoms with E-state index in [1.807, 2.05) is 91.0 Å². The van der Waals surface area contributed by atoms with E-state index in [9.17, 15) is 4.79 Å².